The number of carbonyl (C=O) groups excluding carboxylic acids is 1. The number of allylic oxidation sites excluding steroid dienone is 2. The van der Waals surface area contributed by atoms with Crippen LogP contribution in [-0.2, 0) is 9.53 Å². The van der Waals surface area contributed by atoms with Gasteiger partial charge in [-0.3, -0.25) is 4.79 Å². The van der Waals surface area contributed by atoms with Crippen molar-refractivity contribution in [2.75, 3.05) is 0 Å². The Labute approximate surface area is 114 Å². The number of hydrogen-bond donors (Lipinski definition) is 3. The molecule has 3 N–H and O–H groups in total. The van der Waals surface area contributed by atoms with Gasteiger partial charge < -0.3 is 20.1 Å². The Hall–Kier alpha value is -2.69. The molecule has 2 atom stereocenters. The molecule has 1 aromatic rings. The molecule has 3 rings (SSSR count). The summed E-state index contributed by atoms with van der Waals surface area (Å²) in [6.07, 6.45) is 3.10. The van der Waals surface area contributed by atoms with Crippen LogP contribution in [-0.4, -0.2) is 27.2 Å². The van der Waals surface area contributed by atoms with E-state index in [0.717, 1.165) is 6.08 Å². The number of phenolic OH excluding ortho intramolecular Hbond substituents is 1. The molecule has 2 unspecified atom stereocenters. The van der Waals surface area contributed by atoms with Gasteiger partial charge in [0.15, 0.2) is 5.78 Å². The molecule has 1 aliphatic heterocycles. The van der Waals surface area contributed by atoms with Gasteiger partial charge in [0.05, 0.1) is 0 Å². The van der Waals surface area contributed by atoms with Crippen LogP contribution in [0.3, 0.4) is 0 Å². The summed E-state index contributed by atoms with van der Waals surface area (Å²) >= 11 is 0. The van der Waals surface area contributed by atoms with Crippen molar-refractivity contribution in [2.45, 2.75) is 6.10 Å². The predicted molar refractivity (Wildman–Crippen MR) is 70.9 cm³/mol. The molecule has 0 aromatic heterocycles. The molecule has 0 amide bonds. The molecule has 2 aliphatic rings. The normalized spacial score (nSPS) is 25.0. The molecule has 0 bridgehead atoms. The first kappa shape index (κ1) is 12.3. The van der Waals surface area contributed by atoms with Crippen molar-refractivity contribution in [3.63, 3.8) is 0 Å². The van der Waals surface area contributed by atoms with E-state index >= 15 is 0 Å². The third kappa shape index (κ3) is 2.03. The molecular formula is C15H12O5. The van der Waals surface area contributed by atoms with E-state index in [4.69, 9.17) is 4.74 Å². The summed E-state index contributed by atoms with van der Waals surface area (Å²) in [6, 6.07) is 6.22. The van der Waals surface area contributed by atoms with Crippen LogP contribution in [0.5, 0.6) is 5.75 Å². The number of aliphatic hydroxyl groups excluding tert-OH is 2. The van der Waals surface area contributed by atoms with Crippen LogP contribution in [0.25, 0.3) is 5.76 Å². The highest BCUT2D eigenvalue weighted by Gasteiger charge is 2.38. The van der Waals surface area contributed by atoms with Gasteiger partial charge in [0.25, 0.3) is 0 Å². The summed E-state index contributed by atoms with van der Waals surface area (Å²) in [4.78, 5) is 12.1. The largest absolute Gasteiger partial charge is 0.511 e. The number of phenols is 1. The maximum Gasteiger partial charge on any atom is 0.174 e. The lowest BCUT2D eigenvalue weighted by Crippen LogP contribution is -2.35. The van der Waals surface area contributed by atoms with Crippen LogP contribution in [0.1, 0.15) is 5.56 Å². The quantitative estimate of drug-likeness (QED) is 0.729. The lowest BCUT2D eigenvalue weighted by atomic mass is 9.88. The van der Waals surface area contributed by atoms with Gasteiger partial charge in [-0.25, -0.2) is 0 Å². The summed E-state index contributed by atoms with van der Waals surface area (Å²) in [6.45, 7) is 0. The van der Waals surface area contributed by atoms with Gasteiger partial charge in [-0.05, 0) is 30.3 Å². The van der Waals surface area contributed by atoms with Crippen LogP contribution in [0.15, 0.2) is 54.0 Å². The number of fused-ring (bicyclic) bond motifs is 1. The fourth-order valence-electron chi connectivity index (χ4n) is 2.31. The molecule has 0 spiro atoms. The summed E-state index contributed by atoms with van der Waals surface area (Å²) in [5.41, 5.74) is 0.636. The molecule has 0 fully saturated rings. The fourth-order valence-corrected chi connectivity index (χ4v) is 2.31. The second-order valence-electron chi connectivity index (χ2n) is 4.68. The minimum Gasteiger partial charge on any atom is -0.511 e. The van der Waals surface area contributed by atoms with Crippen molar-refractivity contribution < 1.29 is 24.9 Å². The highest BCUT2D eigenvalue weighted by molar-refractivity contribution is 6.00. The first-order chi connectivity index (χ1) is 9.54. The van der Waals surface area contributed by atoms with E-state index in [-0.39, 0.29) is 23.1 Å². The minimum atomic E-state index is -0.813. The van der Waals surface area contributed by atoms with Crippen LogP contribution in [0.4, 0.5) is 0 Å². The highest BCUT2D eigenvalue weighted by atomic mass is 16.5. The SMILES string of the molecule is O=C1C=C(c2ccc(O)cc2)OC2C=C(O)C=C(O)C12. The number of carbonyl (C=O) groups is 1. The Bertz CT molecular complexity index is 651. The average molecular weight is 272 g/mol. The van der Waals surface area contributed by atoms with E-state index in [1.807, 2.05) is 0 Å². The van der Waals surface area contributed by atoms with Crippen molar-refractivity contribution >= 4 is 11.5 Å². The number of ketones is 1. The molecule has 1 aliphatic carbocycles. The molecule has 0 saturated carbocycles. The zero-order valence-corrected chi connectivity index (χ0v) is 10.4. The van der Waals surface area contributed by atoms with E-state index in [0.29, 0.717) is 11.3 Å². The number of rotatable bonds is 1. The van der Waals surface area contributed by atoms with Gasteiger partial charge in [0.1, 0.15) is 35.0 Å². The molecule has 1 heterocycles. The predicted octanol–water partition coefficient (Wildman–Crippen LogP) is 2.21. The monoisotopic (exact) mass is 272 g/mol. The van der Waals surface area contributed by atoms with E-state index in [9.17, 15) is 20.1 Å². The van der Waals surface area contributed by atoms with E-state index < -0.39 is 12.0 Å². The Morgan fingerprint density at radius 2 is 1.70 bits per heavy atom. The van der Waals surface area contributed by atoms with Gasteiger partial charge in [-0.2, -0.15) is 0 Å². The molecule has 20 heavy (non-hydrogen) atoms. The minimum absolute atomic E-state index is 0.116. The maximum absolute atomic E-state index is 12.1. The topological polar surface area (TPSA) is 87.0 Å². The third-order valence-electron chi connectivity index (χ3n) is 3.27. The number of ether oxygens (including phenoxy) is 1. The highest BCUT2D eigenvalue weighted by Crippen LogP contribution is 2.34. The van der Waals surface area contributed by atoms with Gasteiger partial charge in [-0.1, -0.05) is 0 Å². The Morgan fingerprint density at radius 3 is 2.40 bits per heavy atom. The average Bonchev–Trinajstić information content (AvgIpc) is 2.38. The smallest absolute Gasteiger partial charge is 0.174 e. The van der Waals surface area contributed by atoms with Crippen molar-refractivity contribution in [1.29, 1.82) is 0 Å². The lowest BCUT2D eigenvalue weighted by Gasteiger charge is -2.31. The molecular weight excluding hydrogens is 260 g/mol. The van der Waals surface area contributed by atoms with Gasteiger partial charge in [-0.15, -0.1) is 0 Å². The Balaban J connectivity index is 1.97. The molecule has 5 nitrogen and oxygen atoms in total. The zero-order chi connectivity index (χ0) is 14.3. The molecule has 0 radical (unpaired) electrons. The number of aliphatic hydroxyl groups is 2. The van der Waals surface area contributed by atoms with Gasteiger partial charge in [0.2, 0.25) is 0 Å². The lowest BCUT2D eigenvalue weighted by molar-refractivity contribution is -0.121. The number of benzene rings is 1. The molecule has 5 heteroatoms. The van der Waals surface area contributed by atoms with Crippen molar-refractivity contribution in [3.05, 3.63) is 59.6 Å². The number of aromatic hydroxyl groups is 1. The first-order valence-corrected chi connectivity index (χ1v) is 6.07. The molecule has 102 valence electrons. The van der Waals surface area contributed by atoms with E-state index in [1.165, 1.54) is 24.3 Å². The van der Waals surface area contributed by atoms with Crippen molar-refractivity contribution in [3.8, 4) is 5.75 Å². The van der Waals surface area contributed by atoms with Gasteiger partial charge in [0, 0.05) is 17.7 Å². The van der Waals surface area contributed by atoms with E-state index in [1.54, 1.807) is 12.1 Å². The standard InChI is InChI=1S/C15H12O5/c16-9-3-1-8(2-4-9)13-7-12(19)15-11(18)5-10(17)6-14(15)20-13/h1-7,14-18H. The fraction of sp³-hybridized carbons (Fsp3) is 0.133. The summed E-state index contributed by atoms with van der Waals surface area (Å²) in [5, 5.41) is 28.5. The second-order valence-corrected chi connectivity index (χ2v) is 4.68. The summed E-state index contributed by atoms with van der Waals surface area (Å²) in [5.74, 6) is -0.988. The maximum atomic E-state index is 12.1. The Morgan fingerprint density at radius 1 is 1.00 bits per heavy atom. The molecule has 0 saturated heterocycles. The van der Waals surface area contributed by atoms with Crippen LogP contribution in [0, 0.1) is 5.92 Å². The summed E-state index contributed by atoms with van der Waals surface area (Å²) < 4.78 is 5.65. The van der Waals surface area contributed by atoms with Crippen molar-refractivity contribution in [1.82, 2.24) is 0 Å². The van der Waals surface area contributed by atoms with Crippen LogP contribution < -0.4 is 0 Å². The second kappa shape index (κ2) is 4.45. The van der Waals surface area contributed by atoms with Crippen LogP contribution in [0.2, 0.25) is 0 Å². The molecule has 1 aromatic carbocycles. The number of hydrogen-bond acceptors (Lipinski definition) is 5. The first-order valence-electron chi connectivity index (χ1n) is 6.07. The Kier molecular flexibility index (Phi) is 2.75. The van der Waals surface area contributed by atoms with Gasteiger partial charge >= 0.3 is 0 Å². The van der Waals surface area contributed by atoms with E-state index in [2.05, 4.69) is 0 Å². The summed E-state index contributed by atoms with van der Waals surface area (Å²) in [7, 11) is 0. The van der Waals surface area contributed by atoms with Crippen molar-refractivity contribution in [2.24, 2.45) is 5.92 Å². The van der Waals surface area contributed by atoms with Crippen LogP contribution >= 0.6 is 0 Å². The third-order valence-corrected chi connectivity index (χ3v) is 3.27. The zero-order valence-electron chi connectivity index (χ0n) is 10.4.